The van der Waals surface area contributed by atoms with Crippen molar-refractivity contribution in [3.05, 3.63) is 78.0 Å². The number of nitrogens with zero attached hydrogens (tertiary/aromatic N) is 2. The lowest BCUT2D eigenvalue weighted by atomic mass is 10.1. The topological polar surface area (TPSA) is 96.0 Å². The maximum Gasteiger partial charge on any atom is 0.275 e. The van der Waals surface area contributed by atoms with Crippen molar-refractivity contribution < 1.29 is 14.0 Å². The molecule has 0 fully saturated rings. The van der Waals surface area contributed by atoms with Crippen LogP contribution in [0.25, 0.3) is 0 Å². The van der Waals surface area contributed by atoms with Crippen molar-refractivity contribution in [3.63, 3.8) is 0 Å². The third-order valence-electron chi connectivity index (χ3n) is 4.01. The van der Waals surface area contributed by atoms with Crippen LogP contribution in [0.3, 0.4) is 0 Å². The first-order chi connectivity index (χ1) is 14.0. The SMILES string of the molecule is CC(=O)Nc1ccc(NC(=O)c2cnc(NCCc3ccccc3F)cn2)cc1. The van der Waals surface area contributed by atoms with Gasteiger partial charge in [0.05, 0.1) is 12.4 Å². The highest BCUT2D eigenvalue weighted by molar-refractivity contribution is 6.02. The first-order valence-corrected chi connectivity index (χ1v) is 8.99. The van der Waals surface area contributed by atoms with Crippen LogP contribution in [0.15, 0.2) is 60.9 Å². The number of amides is 2. The van der Waals surface area contributed by atoms with E-state index in [1.54, 1.807) is 42.5 Å². The van der Waals surface area contributed by atoms with Gasteiger partial charge < -0.3 is 16.0 Å². The molecule has 0 saturated carbocycles. The van der Waals surface area contributed by atoms with E-state index in [2.05, 4.69) is 25.9 Å². The Morgan fingerprint density at radius 2 is 1.62 bits per heavy atom. The molecular formula is C21H20FN5O2. The van der Waals surface area contributed by atoms with E-state index in [4.69, 9.17) is 0 Å². The number of carbonyl (C=O) groups excluding carboxylic acids is 2. The van der Waals surface area contributed by atoms with E-state index in [1.165, 1.54) is 25.4 Å². The van der Waals surface area contributed by atoms with Crippen LogP contribution >= 0.6 is 0 Å². The zero-order valence-electron chi connectivity index (χ0n) is 15.8. The van der Waals surface area contributed by atoms with Crippen molar-refractivity contribution in [1.29, 1.82) is 0 Å². The molecule has 0 aliphatic rings. The van der Waals surface area contributed by atoms with Crippen LogP contribution in [0.2, 0.25) is 0 Å². The minimum atomic E-state index is -0.400. The Bertz CT molecular complexity index is 991. The Morgan fingerprint density at radius 3 is 2.24 bits per heavy atom. The molecular weight excluding hydrogens is 373 g/mol. The largest absolute Gasteiger partial charge is 0.368 e. The molecule has 0 bridgehead atoms. The predicted octanol–water partition coefficient (Wildman–Crippen LogP) is 3.48. The first-order valence-electron chi connectivity index (χ1n) is 8.99. The summed E-state index contributed by atoms with van der Waals surface area (Å²) in [5, 5.41) is 8.42. The smallest absolute Gasteiger partial charge is 0.275 e. The van der Waals surface area contributed by atoms with Crippen molar-refractivity contribution in [3.8, 4) is 0 Å². The van der Waals surface area contributed by atoms with Crippen molar-refractivity contribution in [2.45, 2.75) is 13.3 Å². The summed E-state index contributed by atoms with van der Waals surface area (Å²) < 4.78 is 13.6. The van der Waals surface area contributed by atoms with Gasteiger partial charge >= 0.3 is 0 Å². The third-order valence-corrected chi connectivity index (χ3v) is 4.01. The number of hydrogen-bond acceptors (Lipinski definition) is 5. The van der Waals surface area contributed by atoms with Gasteiger partial charge in [-0.2, -0.15) is 0 Å². The standard InChI is InChI=1S/C21H20FN5O2/c1-14(28)26-16-6-8-17(9-7-16)27-21(29)19-12-25-20(13-24-19)23-11-10-15-4-2-3-5-18(15)22/h2-9,12-13H,10-11H2,1H3,(H,23,25)(H,26,28)(H,27,29). The lowest BCUT2D eigenvalue weighted by Gasteiger charge is -2.08. The summed E-state index contributed by atoms with van der Waals surface area (Å²) in [7, 11) is 0. The molecule has 0 spiro atoms. The molecule has 29 heavy (non-hydrogen) atoms. The molecule has 0 atom stereocenters. The van der Waals surface area contributed by atoms with Crippen LogP contribution in [0, 0.1) is 5.82 Å². The van der Waals surface area contributed by atoms with Crippen molar-refractivity contribution in [1.82, 2.24) is 9.97 Å². The van der Waals surface area contributed by atoms with Gasteiger partial charge in [-0.1, -0.05) is 18.2 Å². The van der Waals surface area contributed by atoms with Gasteiger partial charge in [-0.15, -0.1) is 0 Å². The maximum absolute atomic E-state index is 13.6. The van der Waals surface area contributed by atoms with Crippen molar-refractivity contribution >= 4 is 29.0 Å². The molecule has 7 nitrogen and oxygen atoms in total. The fourth-order valence-corrected chi connectivity index (χ4v) is 2.60. The summed E-state index contributed by atoms with van der Waals surface area (Å²) in [6.07, 6.45) is 3.33. The van der Waals surface area contributed by atoms with Gasteiger partial charge in [0.1, 0.15) is 17.3 Å². The second kappa shape index (κ2) is 9.41. The lowest BCUT2D eigenvalue weighted by Crippen LogP contribution is -2.15. The van der Waals surface area contributed by atoms with E-state index in [-0.39, 0.29) is 17.4 Å². The second-order valence-electron chi connectivity index (χ2n) is 6.27. The monoisotopic (exact) mass is 393 g/mol. The van der Waals surface area contributed by atoms with E-state index in [0.29, 0.717) is 35.7 Å². The van der Waals surface area contributed by atoms with Gasteiger partial charge in [0.15, 0.2) is 0 Å². The van der Waals surface area contributed by atoms with Gasteiger partial charge in [0, 0.05) is 24.8 Å². The molecule has 3 N–H and O–H groups in total. The van der Waals surface area contributed by atoms with Gasteiger partial charge in [-0.05, 0) is 42.3 Å². The predicted molar refractivity (Wildman–Crippen MR) is 109 cm³/mol. The number of benzene rings is 2. The normalized spacial score (nSPS) is 10.3. The van der Waals surface area contributed by atoms with Gasteiger partial charge in [-0.25, -0.2) is 14.4 Å². The number of rotatable bonds is 7. The Labute approximate surface area is 167 Å². The fourth-order valence-electron chi connectivity index (χ4n) is 2.60. The average Bonchev–Trinajstić information content (AvgIpc) is 2.71. The van der Waals surface area contributed by atoms with Crippen LogP contribution in [0.5, 0.6) is 0 Å². The quantitative estimate of drug-likeness (QED) is 0.571. The summed E-state index contributed by atoms with van der Waals surface area (Å²) in [6, 6.07) is 13.3. The number of nitrogens with one attached hydrogen (secondary N) is 3. The number of aromatic nitrogens is 2. The van der Waals surface area contributed by atoms with Crippen LogP contribution in [0.4, 0.5) is 21.6 Å². The van der Waals surface area contributed by atoms with E-state index in [0.717, 1.165) is 0 Å². The molecule has 0 unspecified atom stereocenters. The highest BCUT2D eigenvalue weighted by atomic mass is 19.1. The van der Waals surface area contributed by atoms with Gasteiger partial charge in [-0.3, -0.25) is 9.59 Å². The Morgan fingerprint density at radius 1 is 0.931 bits per heavy atom. The van der Waals surface area contributed by atoms with Crippen LogP contribution in [-0.4, -0.2) is 28.3 Å². The maximum atomic E-state index is 13.6. The van der Waals surface area contributed by atoms with Crippen LogP contribution < -0.4 is 16.0 Å². The Balaban J connectivity index is 1.52. The summed E-state index contributed by atoms with van der Waals surface area (Å²) in [6.45, 7) is 1.91. The molecule has 1 aromatic heterocycles. The highest BCUT2D eigenvalue weighted by Gasteiger charge is 2.09. The molecule has 8 heteroatoms. The fraction of sp³-hybridized carbons (Fsp3) is 0.143. The molecule has 3 rings (SSSR count). The number of carbonyl (C=O) groups is 2. The summed E-state index contributed by atoms with van der Waals surface area (Å²) in [5.41, 5.74) is 1.99. The van der Waals surface area contributed by atoms with Gasteiger partial charge in [0.2, 0.25) is 5.91 Å². The molecule has 3 aromatic rings. The molecule has 0 saturated heterocycles. The highest BCUT2D eigenvalue weighted by Crippen LogP contribution is 2.14. The van der Waals surface area contributed by atoms with E-state index < -0.39 is 5.91 Å². The van der Waals surface area contributed by atoms with E-state index >= 15 is 0 Å². The third kappa shape index (κ3) is 5.83. The molecule has 148 valence electrons. The van der Waals surface area contributed by atoms with Crippen LogP contribution in [-0.2, 0) is 11.2 Å². The van der Waals surface area contributed by atoms with Crippen molar-refractivity contribution in [2.24, 2.45) is 0 Å². The summed E-state index contributed by atoms with van der Waals surface area (Å²) in [4.78, 5) is 31.6. The molecule has 0 radical (unpaired) electrons. The zero-order chi connectivity index (χ0) is 20.6. The molecule has 2 amide bonds. The average molecular weight is 393 g/mol. The zero-order valence-corrected chi connectivity index (χ0v) is 15.8. The molecule has 0 aliphatic carbocycles. The van der Waals surface area contributed by atoms with E-state index in [9.17, 15) is 14.0 Å². The molecule has 0 aliphatic heterocycles. The number of hydrogen-bond donors (Lipinski definition) is 3. The molecule has 2 aromatic carbocycles. The van der Waals surface area contributed by atoms with Gasteiger partial charge in [0.25, 0.3) is 5.91 Å². The second-order valence-corrected chi connectivity index (χ2v) is 6.27. The summed E-state index contributed by atoms with van der Waals surface area (Å²) in [5.74, 6) is -0.308. The van der Waals surface area contributed by atoms with Crippen LogP contribution in [0.1, 0.15) is 23.0 Å². The summed E-state index contributed by atoms with van der Waals surface area (Å²) >= 11 is 0. The number of halogens is 1. The minimum Gasteiger partial charge on any atom is -0.368 e. The number of anilines is 3. The Hall–Kier alpha value is -3.81. The first kappa shape index (κ1) is 19.9. The lowest BCUT2D eigenvalue weighted by molar-refractivity contribution is -0.114. The minimum absolute atomic E-state index is 0.163. The Kier molecular flexibility index (Phi) is 6.47. The van der Waals surface area contributed by atoms with Crippen molar-refractivity contribution in [2.75, 3.05) is 22.5 Å². The van der Waals surface area contributed by atoms with E-state index in [1.807, 2.05) is 0 Å². The molecule has 1 heterocycles.